The van der Waals surface area contributed by atoms with E-state index < -0.39 is 17.7 Å². The van der Waals surface area contributed by atoms with Crippen LogP contribution >= 0.6 is 0 Å². The summed E-state index contributed by atoms with van der Waals surface area (Å²) in [5, 5.41) is 11.5. The Kier molecular flexibility index (Phi) is 6.98. The maximum Gasteiger partial charge on any atom is 0.295 e. The van der Waals surface area contributed by atoms with Gasteiger partial charge in [0.2, 0.25) is 0 Å². The first kappa shape index (κ1) is 26.5. The fourth-order valence-electron chi connectivity index (χ4n) is 5.33. The molecule has 0 spiro atoms. The van der Waals surface area contributed by atoms with Crippen molar-refractivity contribution in [3.05, 3.63) is 100 Å². The third-order valence-electron chi connectivity index (χ3n) is 7.39. The van der Waals surface area contributed by atoms with Crippen LogP contribution in [0.25, 0.3) is 5.76 Å². The average Bonchev–Trinajstić information content (AvgIpc) is 3.40. The Labute approximate surface area is 229 Å². The van der Waals surface area contributed by atoms with Crippen LogP contribution in [0, 0.1) is 0 Å². The molecule has 6 heteroatoms. The van der Waals surface area contributed by atoms with E-state index in [2.05, 4.69) is 20.8 Å². The van der Waals surface area contributed by atoms with Gasteiger partial charge in [-0.25, -0.2) is 0 Å². The van der Waals surface area contributed by atoms with E-state index in [1.807, 2.05) is 74.5 Å². The predicted octanol–water partition coefficient (Wildman–Crippen LogP) is 6.33. The Morgan fingerprint density at radius 3 is 2.36 bits per heavy atom. The molecule has 6 nitrogen and oxygen atoms in total. The molecular formula is C33H35NO5. The number of hydrogen-bond acceptors (Lipinski definition) is 5. The SMILES string of the molecule is CCOc1ccc(CN2C(=O)C(=O)/C(=C(\O)c3ccc4c(c3)CC(C)O4)C2c2ccc(C(C)(C)C)cc2)cc1. The van der Waals surface area contributed by atoms with Crippen molar-refractivity contribution >= 4 is 17.4 Å². The number of aliphatic hydroxyl groups excluding tert-OH is 1. The summed E-state index contributed by atoms with van der Waals surface area (Å²) in [4.78, 5) is 28.5. The lowest BCUT2D eigenvalue weighted by atomic mass is 9.85. The van der Waals surface area contributed by atoms with E-state index in [0.29, 0.717) is 12.2 Å². The van der Waals surface area contributed by atoms with Gasteiger partial charge in [-0.1, -0.05) is 57.2 Å². The van der Waals surface area contributed by atoms with E-state index in [1.165, 1.54) is 0 Å². The average molecular weight is 526 g/mol. The fraction of sp³-hybridized carbons (Fsp3) is 0.333. The van der Waals surface area contributed by atoms with Gasteiger partial charge in [-0.3, -0.25) is 9.59 Å². The molecule has 1 N–H and O–H groups in total. The Hall–Kier alpha value is -4.06. The molecule has 2 aliphatic rings. The first-order valence-electron chi connectivity index (χ1n) is 13.5. The highest BCUT2D eigenvalue weighted by Gasteiger charge is 2.46. The maximum absolute atomic E-state index is 13.5. The van der Waals surface area contributed by atoms with E-state index in [1.54, 1.807) is 11.0 Å². The molecule has 0 bridgehead atoms. The third kappa shape index (κ3) is 5.16. The fourth-order valence-corrected chi connectivity index (χ4v) is 5.33. The molecule has 0 aliphatic carbocycles. The lowest BCUT2D eigenvalue weighted by Crippen LogP contribution is -2.29. The number of carbonyl (C=O) groups is 2. The topological polar surface area (TPSA) is 76.1 Å². The molecule has 0 saturated carbocycles. The molecule has 0 aromatic heterocycles. The van der Waals surface area contributed by atoms with Gasteiger partial charge in [0, 0.05) is 18.5 Å². The van der Waals surface area contributed by atoms with Crippen molar-refractivity contribution in [3.8, 4) is 11.5 Å². The van der Waals surface area contributed by atoms with E-state index in [-0.39, 0.29) is 29.4 Å². The quantitative estimate of drug-likeness (QED) is 0.231. The largest absolute Gasteiger partial charge is 0.507 e. The van der Waals surface area contributed by atoms with Crippen molar-refractivity contribution in [1.29, 1.82) is 0 Å². The Morgan fingerprint density at radius 1 is 1.03 bits per heavy atom. The van der Waals surface area contributed by atoms with Gasteiger partial charge < -0.3 is 19.5 Å². The van der Waals surface area contributed by atoms with Gasteiger partial charge in [0.25, 0.3) is 11.7 Å². The minimum Gasteiger partial charge on any atom is -0.507 e. The molecule has 3 aromatic carbocycles. The van der Waals surface area contributed by atoms with Crippen LogP contribution in [-0.2, 0) is 28.0 Å². The molecule has 1 fully saturated rings. The number of Topliss-reactive ketones (excluding diaryl/α,β-unsaturated/α-hetero) is 1. The number of ketones is 1. The number of likely N-dealkylation sites (tertiary alicyclic amines) is 1. The summed E-state index contributed by atoms with van der Waals surface area (Å²) in [5.74, 6) is 0.0357. The van der Waals surface area contributed by atoms with Crippen molar-refractivity contribution in [3.63, 3.8) is 0 Å². The van der Waals surface area contributed by atoms with Crippen LogP contribution in [0.1, 0.15) is 68.5 Å². The molecule has 39 heavy (non-hydrogen) atoms. The lowest BCUT2D eigenvalue weighted by molar-refractivity contribution is -0.140. The molecule has 202 valence electrons. The van der Waals surface area contributed by atoms with Gasteiger partial charge >= 0.3 is 0 Å². The van der Waals surface area contributed by atoms with E-state index in [9.17, 15) is 14.7 Å². The highest BCUT2D eigenvalue weighted by Crippen LogP contribution is 2.42. The lowest BCUT2D eigenvalue weighted by Gasteiger charge is -2.26. The van der Waals surface area contributed by atoms with Crippen molar-refractivity contribution in [2.24, 2.45) is 0 Å². The number of fused-ring (bicyclic) bond motifs is 1. The van der Waals surface area contributed by atoms with Crippen molar-refractivity contribution in [2.45, 2.75) is 65.1 Å². The van der Waals surface area contributed by atoms with Crippen molar-refractivity contribution in [1.82, 2.24) is 4.90 Å². The molecule has 5 rings (SSSR count). The first-order valence-corrected chi connectivity index (χ1v) is 13.5. The third-order valence-corrected chi connectivity index (χ3v) is 7.39. The Bertz CT molecular complexity index is 1430. The smallest absolute Gasteiger partial charge is 0.295 e. The van der Waals surface area contributed by atoms with Crippen LogP contribution in [0.5, 0.6) is 11.5 Å². The van der Waals surface area contributed by atoms with Gasteiger partial charge in [-0.05, 0) is 71.8 Å². The van der Waals surface area contributed by atoms with Crippen LogP contribution < -0.4 is 9.47 Å². The summed E-state index contributed by atoms with van der Waals surface area (Å²) in [7, 11) is 0. The Morgan fingerprint density at radius 2 is 1.72 bits per heavy atom. The molecule has 2 unspecified atom stereocenters. The summed E-state index contributed by atoms with van der Waals surface area (Å²) in [6.07, 6.45) is 0.777. The number of amides is 1. The van der Waals surface area contributed by atoms with Crippen LogP contribution in [-0.4, -0.2) is 34.4 Å². The zero-order valence-corrected chi connectivity index (χ0v) is 23.2. The summed E-state index contributed by atoms with van der Waals surface area (Å²) in [5.41, 5.74) is 4.30. The molecule has 1 amide bonds. The first-order chi connectivity index (χ1) is 18.6. The number of nitrogens with zero attached hydrogens (tertiary/aromatic N) is 1. The van der Waals surface area contributed by atoms with Crippen LogP contribution in [0.3, 0.4) is 0 Å². The van der Waals surface area contributed by atoms with Gasteiger partial charge in [0.05, 0.1) is 18.2 Å². The van der Waals surface area contributed by atoms with Crippen molar-refractivity contribution < 1.29 is 24.2 Å². The highest BCUT2D eigenvalue weighted by molar-refractivity contribution is 6.46. The second kappa shape index (κ2) is 10.3. The molecule has 3 aromatic rings. The zero-order valence-electron chi connectivity index (χ0n) is 23.2. The highest BCUT2D eigenvalue weighted by atomic mass is 16.5. The van der Waals surface area contributed by atoms with Crippen LogP contribution in [0.2, 0.25) is 0 Å². The second-order valence-corrected chi connectivity index (χ2v) is 11.3. The van der Waals surface area contributed by atoms with Crippen LogP contribution in [0.4, 0.5) is 0 Å². The van der Waals surface area contributed by atoms with Gasteiger partial charge in [-0.2, -0.15) is 0 Å². The summed E-state index contributed by atoms with van der Waals surface area (Å²) in [6, 6.07) is 20.2. The molecule has 2 heterocycles. The number of carbonyl (C=O) groups excluding carboxylic acids is 2. The van der Waals surface area contributed by atoms with Crippen molar-refractivity contribution in [2.75, 3.05) is 6.61 Å². The van der Waals surface area contributed by atoms with E-state index in [0.717, 1.165) is 40.2 Å². The van der Waals surface area contributed by atoms with Crippen LogP contribution in [0.15, 0.2) is 72.3 Å². The summed E-state index contributed by atoms with van der Waals surface area (Å²) < 4.78 is 11.4. The monoisotopic (exact) mass is 525 g/mol. The molecule has 2 aliphatic heterocycles. The zero-order chi connectivity index (χ0) is 27.9. The number of hydrogen-bond donors (Lipinski definition) is 1. The van der Waals surface area contributed by atoms with E-state index in [4.69, 9.17) is 9.47 Å². The standard InChI is InChI=1S/C33H35NO5/c1-6-38-26-14-7-21(8-15-26)19-34-29(22-9-12-25(13-10-22)33(3,4)5)28(31(36)32(34)37)30(35)23-11-16-27-24(18-23)17-20(2)39-27/h7-16,18,20,29,35H,6,17,19H2,1-5H3/b30-28-. The number of aliphatic hydroxyl groups is 1. The van der Waals surface area contributed by atoms with E-state index >= 15 is 0 Å². The number of rotatable bonds is 6. The minimum absolute atomic E-state index is 0.0493. The second-order valence-electron chi connectivity index (χ2n) is 11.3. The van der Waals surface area contributed by atoms with Gasteiger partial charge in [0.1, 0.15) is 23.4 Å². The van der Waals surface area contributed by atoms with Gasteiger partial charge in [0.15, 0.2) is 0 Å². The Balaban J connectivity index is 1.58. The number of ether oxygens (including phenoxy) is 2. The molecule has 2 atom stereocenters. The maximum atomic E-state index is 13.5. The minimum atomic E-state index is -0.728. The summed E-state index contributed by atoms with van der Waals surface area (Å²) >= 11 is 0. The normalized spacial score (nSPS) is 20.2. The number of benzene rings is 3. The molecular weight excluding hydrogens is 490 g/mol. The molecule has 1 saturated heterocycles. The molecule has 0 radical (unpaired) electrons. The summed E-state index contributed by atoms with van der Waals surface area (Å²) in [6.45, 7) is 11.1. The van der Waals surface area contributed by atoms with Gasteiger partial charge in [-0.15, -0.1) is 0 Å². The predicted molar refractivity (Wildman–Crippen MR) is 151 cm³/mol.